The Kier molecular flexibility index (Phi) is 5.99. The standard InChI is InChI=1S/C21H27N5O2/c27-21(16-8-9-20(23-14-16)28-17-6-2-3-7-17)24-15-18-22-11-10-19(25-18)26-12-4-1-5-13-26/h8-11,14,17H,1-7,12-13,15H2,(H,24,27). The van der Waals surface area contributed by atoms with E-state index in [1.807, 2.05) is 6.07 Å². The lowest BCUT2D eigenvalue weighted by atomic mass is 10.1. The Morgan fingerprint density at radius 2 is 1.89 bits per heavy atom. The monoisotopic (exact) mass is 381 g/mol. The fourth-order valence-electron chi connectivity index (χ4n) is 3.80. The highest BCUT2D eigenvalue weighted by Gasteiger charge is 2.17. The lowest BCUT2D eigenvalue weighted by molar-refractivity contribution is 0.0949. The quantitative estimate of drug-likeness (QED) is 0.828. The summed E-state index contributed by atoms with van der Waals surface area (Å²) < 4.78 is 5.84. The minimum Gasteiger partial charge on any atom is -0.474 e. The van der Waals surface area contributed by atoms with Crippen molar-refractivity contribution < 1.29 is 9.53 Å². The topological polar surface area (TPSA) is 80.2 Å². The minimum absolute atomic E-state index is 0.188. The number of nitrogens with one attached hydrogen (secondary N) is 1. The second-order valence-corrected chi connectivity index (χ2v) is 7.47. The number of hydrogen-bond acceptors (Lipinski definition) is 6. The van der Waals surface area contributed by atoms with Crippen LogP contribution in [0.1, 0.15) is 61.1 Å². The van der Waals surface area contributed by atoms with Crippen LogP contribution in [0.5, 0.6) is 5.88 Å². The Labute approximate surface area is 165 Å². The molecule has 0 aromatic carbocycles. The summed E-state index contributed by atoms with van der Waals surface area (Å²) in [5.41, 5.74) is 0.506. The van der Waals surface area contributed by atoms with Gasteiger partial charge in [0.1, 0.15) is 17.7 Å². The number of pyridine rings is 1. The molecule has 0 spiro atoms. The van der Waals surface area contributed by atoms with E-state index in [4.69, 9.17) is 4.74 Å². The molecule has 2 aromatic rings. The molecule has 1 aliphatic carbocycles. The van der Waals surface area contributed by atoms with E-state index in [2.05, 4.69) is 25.2 Å². The van der Waals surface area contributed by atoms with Crippen molar-refractivity contribution in [2.24, 2.45) is 0 Å². The summed E-state index contributed by atoms with van der Waals surface area (Å²) in [5, 5.41) is 2.87. The molecule has 148 valence electrons. The molecule has 3 heterocycles. The molecular weight excluding hydrogens is 354 g/mol. The molecule has 0 unspecified atom stereocenters. The molecule has 0 radical (unpaired) electrons. The average Bonchev–Trinajstić information content (AvgIpc) is 3.26. The number of anilines is 1. The summed E-state index contributed by atoms with van der Waals surface area (Å²) in [4.78, 5) is 27.8. The van der Waals surface area contributed by atoms with Crippen molar-refractivity contribution in [1.82, 2.24) is 20.3 Å². The van der Waals surface area contributed by atoms with Crippen LogP contribution in [0.25, 0.3) is 0 Å². The largest absolute Gasteiger partial charge is 0.474 e. The molecule has 28 heavy (non-hydrogen) atoms. The lowest BCUT2D eigenvalue weighted by Gasteiger charge is -2.27. The maximum Gasteiger partial charge on any atom is 0.253 e. The Hall–Kier alpha value is -2.70. The number of hydrogen-bond donors (Lipinski definition) is 1. The molecule has 2 aliphatic rings. The van der Waals surface area contributed by atoms with Crippen molar-refractivity contribution >= 4 is 11.7 Å². The highest BCUT2D eigenvalue weighted by Crippen LogP contribution is 2.23. The van der Waals surface area contributed by atoms with E-state index in [0.717, 1.165) is 31.7 Å². The Bertz CT molecular complexity index is 784. The van der Waals surface area contributed by atoms with Gasteiger partial charge in [0.15, 0.2) is 0 Å². The van der Waals surface area contributed by atoms with Gasteiger partial charge in [-0.3, -0.25) is 4.79 Å². The maximum absolute atomic E-state index is 12.4. The fraction of sp³-hybridized carbons (Fsp3) is 0.524. The van der Waals surface area contributed by atoms with Gasteiger partial charge in [-0.15, -0.1) is 0 Å². The van der Waals surface area contributed by atoms with Crippen LogP contribution in [0.15, 0.2) is 30.6 Å². The number of aromatic nitrogens is 3. The van der Waals surface area contributed by atoms with Crippen LogP contribution in [-0.4, -0.2) is 40.1 Å². The van der Waals surface area contributed by atoms with Crippen LogP contribution in [0.3, 0.4) is 0 Å². The average molecular weight is 381 g/mol. The minimum atomic E-state index is -0.188. The maximum atomic E-state index is 12.4. The number of ether oxygens (including phenoxy) is 1. The van der Waals surface area contributed by atoms with Crippen LogP contribution in [0.4, 0.5) is 5.82 Å². The molecule has 1 amide bonds. The molecule has 7 nitrogen and oxygen atoms in total. The van der Waals surface area contributed by atoms with E-state index in [0.29, 0.717) is 23.8 Å². The molecule has 2 aromatic heterocycles. The van der Waals surface area contributed by atoms with Crippen molar-refractivity contribution in [3.05, 3.63) is 42.0 Å². The van der Waals surface area contributed by atoms with Crippen molar-refractivity contribution in [2.45, 2.75) is 57.6 Å². The van der Waals surface area contributed by atoms with E-state index in [1.54, 1.807) is 24.5 Å². The summed E-state index contributed by atoms with van der Waals surface area (Å²) in [6, 6.07) is 5.45. The number of amides is 1. The first-order valence-corrected chi connectivity index (χ1v) is 10.3. The third-order valence-electron chi connectivity index (χ3n) is 5.37. The van der Waals surface area contributed by atoms with Gasteiger partial charge in [0.2, 0.25) is 5.88 Å². The van der Waals surface area contributed by atoms with Crippen LogP contribution >= 0.6 is 0 Å². The predicted octanol–water partition coefficient (Wildman–Crippen LogP) is 3.11. The number of piperidine rings is 1. The third kappa shape index (κ3) is 4.77. The molecule has 2 fully saturated rings. The molecule has 0 atom stereocenters. The number of carbonyl (C=O) groups is 1. The zero-order chi connectivity index (χ0) is 19.2. The molecule has 1 saturated carbocycles. The van der Waals surface area contributed by atoms with Crippen LogP contribution in [-0.2, 0) is 6.54 Å². The van der Waals surface area contributed by atoms with Crippen molar-refractivity contribution in [3.63, 3.8) is 0 Å². The van der Waals surface area contributed by atoms with Gasteiger partial charge >= 0.3 is 0 Å². The molecular formula is C21H27N5O2. The van der Waals surface area contributed by atoms with Gasteiger partial charge in [-0.2, -0.15) is 0 Å². The fourth-order valence-corrected chi connectivity index (χ4v) is 3.80. The zero-order valence-electron chi connectivity index (χ0n) is 16.1. The van der Waals surface area contributed by atoms with Gasteiger partial charge in [-0.1, -0.05) is 0 Å². The first-order chi connectivity index (χ1) is 13.8. The summed E-state index contributed by atoms with van der Waals surface area (Å²) in [6.45, 7) is 2.36. The summed E-state index contributed by atoms with van der Waals surface area (Å²) in [7, 11) is 0. The van der Waals surface area contributed by atoms with Gasteiger partial charge in [0.05, 0.1) is 12.1 Å². The van der Waals surface area contributed by atoms with E-state index in [-0.39, 0.29) is 12.0 Å². The lowest BCUT2D eigenvalue weighted by Crippen LogP contribution is -2.31. The number of rotatable bonds is 6. The predicted molar refractivity (Wildman–Crippen MR) is 106 cm³/mol. The van der Waals surface area contributed by atoms with Gasteiger partial charge in [-0.05, 0) is 57.1 Å². The molecule has 0 bridgehead atoms. The van der Waals surface area contributed by atoms with Gasteiger partial charge in [0.25, 0.3) is 5.91 Å². The molecule has 4 rings (SSSR count). The first kappa shape index (κ1) is 18.7. The van der Waals surface area contributed by atoms with Crippen molar-refractivity contribution in [2.75, 3.05) is 18.0 Å². The zero-order valence-corrected chi connectivity index (χ0v) is 16.1. The van der Waals surface area contributed by atoms with E-state index < -0.39 is 0 Å². The first-order valence-electron chi connectivity index (χ1n) is 10.3. The van der Waals surface area contributed by atoms with E-state index in [9.17, 15) is 4.79 Å². The third-order valence-corrected chi connectivity index (χ3v) is 5.37. The second kappa shape index (κ2) is 8.99. The summed E-state index contributed by atoms with van der Waals surface area (Å²) in [5.74, 6) is 1.95. The normalized spacial score (nSPS) is 17.5. The summed E-state index contributed by atoms with van der Waals surface area (Å²) >= 11 is 0. The molecule has 1 N–H and O–H groups in total. The van der Waals surface area contributed by atoms with Gasteiger partial charge < -0.3 is 15.0 Å². The van der Waals surface area contributed by atoms with Gasteiger partial charge in [0, 0.05) is 31.5 Å². The second-order valence-electron chi connectivity index (χ2n) is 7.47. The Balaban J connectivity index is 1.31. The molecule has 1 aliphatic heterocycles. The highest BCUT2D eigenvalue weighted by molar-refractivity contribution is 5.93. The van der Waals surface area contributed by atoms with Crippen LogP contribution in [0, 0.1) is 0 Å². The van der Waals surface area contributed by atoms with E-state index in [1.165, 1.54) is 32.1 Å². The van der Waals surface area contributed by atoms with Crippen molar-refractivity contribution in [1.29, 1.82) is 0 Å². The number of carbonyl (C=O) groups excluding carboxylic acids is 1. The molecule has 7 heteroatoms. The Morgan fingerprint density at radius 3 is 2.64 bits per heavy atom. The number of nitrogens with zero attached hydrogens (tertiary/aromatic N) is 4. The summed E-state index contributed by atoms with van der Waals surface area (Å²) in [6.07, 6.45) is 11.9. The van der Waals surface area contributed by atoms with Crippen molar-refractivity contribution in [3.8, 4) is 5.88 Å². The Morgan fingerprint density at radius 1 is 1.07 bits per heavy atom. The van der Waals surface area contributed by atoms with Crippen LogP contribution < -0.4 is 15.0 Å². The smallest absolute Gasteiger partial charge is 0.253 e. The van der Waals surface area contributed by atoms with E-state index >= 15 is 0 Å². The van der Waals surface area contributed by atoms with Crippen LogP contribution in [0.2, 0.25) is 0 Å². The highest BCUT2D eigenvalue weighted by atomic mass is 16.5. The van der Waals surface area contributed by atoms with Gasteiger partial charge in [-0.25, -0.2) is 15.0 Å². The SMILES string of the molecule is O=C(NCc1nccc(N2CCCCC2)n1)c1ccc(OC2CCCC2)nc1. The molecule has 1 saturated heterocycles.